The fourth-order valence-corrected chi connectivity index (χ4v) is 2.46. The van der Waals surface area contributed by atoms with Crippen LogP contribution in [0.1, 0.15) is 40.7 Å². The molecule has 5 nitrogen and oxygen atoms in total. The predicted octanol–water partition coefficient (Wildman–Crippen LogP) is 2.08. The average molecular weight is 276 g/mol. The van der Waals surface area contributed by atoms with Crippen LogP contribution in [-0.4, -0.2) is 29.6 Å². The van der Waals surface area contributed by atoms with Crippen molar-refractivity contribution in [1.82, 2.24) is 5.32 Å². The van der Waals surface area contributed by atoms with Gasteiger partial charge in [0.1, 0.15) is 0 Å². The summed E-state index contributed by atoms with van der Waals surface area (Å²) in [6.07, 6.45) is 2.96. The van der Waals surface area contributed by atoms with Crippen molar-refractivity contribution in [3.8, 4) is 0 Å². The number of benzene rings is 1. The van der Waals surface area contributed by atoms with E-state index in [1.165, 1.54) is 6.07 Å². The van der Waals surface area contributed by atoms with Crippen LogP contribution in [0.25, 0.3) is 0 Å². The van der Waals surface area contributed by atoms with E-state index in [0.717, 1.165) is 36.9 Å². The van der Waals surface area contributed by atoms with Crippen molar-refractivity contribution in [2.75, 3.05) is 11.9 Å². The van der Waals surface area contributed by atoms with Crippen LogP contribution in [0.5, 0.6) is 0 Å². The number of rotatable bonds is 3. The third kappa shape index (κ3) is 3.17. The zero-order chi connectivity index (χ0) is 14.7. The van der Waals surface area contributed by atoms with Crippen LogP contribution in [0, 0.1) is 13.8 Å². The van der Waals surface area contributed by atoms with Crippen LogP contribution in [0.2, 0.25) is 0 Å². The van der Waals surface area contributed by atoms with E-state index in [2.05, 4.69) is 10.6 Å². The molecule has 1 atom stereocenters. The lowest BCUT2D eigenvalue weighted by molar-refractivity contribution is -0.118. The summed E-state index contributed by atoms with van der Waals surface area (Å²) in [5.74, 6) is -1.07. The summed E-state index contributed by atoms with van der Waals surface area (Å²) in [6.45, 7) is 4.47. The van der Waals surface area contributed by atoms with Gasteiger partial charge in [-0.2, -0.15) is 0 Å². The molecule has 1 aliphatic heterocycles. The second-order valence-corrected chi connectivity index (χ2v) is 5.26. The van der Waals surface area contributed by atoms with Crippen molar-refractivity contribution in [2.24, 2.45) is 0 Å². The van der Waals surface area contributed by atoms with Gasteiger partial charge in [0.2, 0.25) is 5.91 Å². The van der Waals surface area contributed by atoms with Gasteiger partial charge in [-0.3, -0.25) is 4.79 Å². The first-order valence-corrected chi connectivity index (χ1v) is 6.88. The molecule has 0 unspecified atom stereocenters. The Hall–Kier alpha value is -1.88. The third-order valence-electron chi connectivity index (χ3n) is 3.79. The number of aromatic carboxylic acids is 1. The van der Waals surface area contributed by atoms with Gasteiger partial charge in [-0.05, 0) is 56.5 Å². The molecule has 1 amide bonds. The van der Waals surface area contributed by atoms with Gasteiger partial charge in [-0.15, -0.1) is 0 Å². The van der Waals surface area contributed by atoms with E-state index in [1.807, 2.05) is 13.0 Å². The molecular formula is C15H20N2O3. The van der Waals surface area contributed by atoms with Crippen LogP contribution < -0.4 is 10.6 Å². The topological polar surface area (TPSA) is 78.4 Å². The van der Waals surface area contributed by atoms with Gasteiger partial charge >= 0.3 is 5.97 Å². The van der Waals surface area contributed by atoms with E-state index in [9.17, 15) is 14.7 Å². The molecule has 108 valence electrons. The normalized spacial score (nSPS) is 18.6. The summed E-state index contributed by atoms with van der Waals surface area (Å²) in [5, 5.41) is 15.2. The number of amides is 1. The lowest BCUT2D eigenvalue weighted by atomic mass is 10.0. The molecule has 1 heterocycles. The maximum atomic E-state index is 12.1. The highest BCUT2D eigenvalue weighted by Crippen LogP contribution is 2.20. The molecule has 0 aromatic heterocycles. The molecule has 1 aliphatic rings. The monoisotopic (exact) mass is 276 g/mol. The van der Waals surface area contributed by atoms with Crippen LogP contribution in [0.3, 0.4) is 0 Å². The maximum absolute atomic E-state index is 12.1. The van der Waals surface area contributed by atoms with E-state index in [4.69, 9.17) is 0 Å². The molecule has 1 aromatic rings. The van der Waals surface area contributed by atoms with Gasteiger partial charge in [0.15, 0.2) is 0 Å². The molecule has 1 fully saturated rings. The maximum Gasteiger partial charge on any atom is 0.336 e. The van der Waals surface area contributed by atoms with Gasteiger partial charge in [0.25, 0.3) is 0 Å². The molecule has 0 radical (unpaired) electrons. The Morgan fingerprint density at radius 1 is 1.30 bits per heavy atom. The van der Waals surface area contributed by atoms with Gasteiger partial charge in [-0.1, -0.05) is 6.42 Å². The van der Waals surface area contributed by atoms with Crippen molar-refractivity contribution >= 4 is 17.6 Å². The van der Waals surface area contributed by atoms with Crippen LogP contribution in [0.4, 0.5) is 5.69 Å². The van der Waals surface area contributed by atoms with Crippen molar-refractivity contribution in [1.29, 1.82) is 0 Å². The Labute approximate surface area is 118 Å². The summed E-state index contributed by atoms with van der Waals surface area (Å²) < 4.78 is 0. The quantitative estimate of drug-likeness (QED) is 0.790. The van der Waals surface area contributed by atoms with Crippen LogP contribution in [-0.2, 0) is 4.79 Å². The minimum Gasteiger partial charge on any atom is -0.478 e. The molecule has 20 heavy (non-hydrogen) atoms. The Kier molecular flexibility index (Phi) is 4.39. The molecule has 0 spiro atoms. The minimum absolute atomic E-state index is 0.0932. The zero-order valence-electron chi connectivity index (χ0n) is 11.8. The number of nitrogens with one attached hydrogen (secondary N) is 2. The summed E-state index contributed by atoms with van der Waals surface area (Å²) >= 11 is 0. The lowest BCUT2D eigenvalue weighted by Crippen LogP contribution is -2.43. The number of carboxylic acids is 1. The summed E-state index contributed by atoms with van der Waals surface area (Å²) in [5.41, 5.74) is 2.36. The van der Waals surface area contributed by atoms with Crippen molar-refractivity contribution in [2.45, 2.75) is 39.2 Å². The number of hydrogen-bond acceptors (Lipinski definition) is 3. The second-order valence-electron chi connectivity index (χ2n) is 5.26. The van der Waals surface area contributed by atoms with E-state index in [1.54, 1.807) is 6.92 Å². The molecule has 5 heteroatoms. The molecule has 2 rings (SSSR count). The Balaban J connectivity index is 2.16. The second kappa shape index (κ2) is 6.05. The molecular weight excluding hydrogens is 256 g/mol. The minimum atomic E-state index is -0.975. The van der Waals surface area contributed by atoms with Crippen LogP contribution >= 0.6 is 0 Å². The highest BCUT2D eigenvalue weighted by molar-refractivity contribution is 5.97. The molecule has 0 aliphatic carbocycles. The molecule has 3 N–H and O–H groups in total. The van der Waals surface area contributed by atoms with Crippen molar-refractivity contribution < 1.29 is 14.7 Å². The smallest absolute Gasteiger partial charge is 0.336 e. The number of carbonyl (C=O) groups is 2. The summed E-state index contributed by atoms with van der Waals surface area (Å²) in [6, 6.07) is 3.15. The van der Waals surface area contributed by atoms with Crippen molar-refractivity contribution in [3.63, 3.8) is 0 Å². The van der Waals surface area contributed by atoms with Gasteiger partial charge < -0.3 is 15.7 Å². The lowest BCUT2D eigenvalue weighted by Gasteiger charge is -2.22. The Morgan fingerprint density at radius 3 is 2.65 bits per heavy atom. The number of anilines is 1. The number of hydrogen-bond donors (Lipinski definition) is 3. The SMILES string of the molecule is Cc1cc(NC(=O)[C@@H]2CCCCN2)cc(C(=O)O)c1C. The number of piperidine rings is 1. The first-order valence-electron chi connectivity index (χ1n) is 6.88. The molecule has 0 bridgehead atoms. The summed E-state index contributed by atoms with van der Waals surface area (Å²) in [4.78, 5) is 23.3. The predicted molar refractivity (Wildman–Crippen MR) is 77.1 cm³/mol. The van der Waals surface area contributed by atoms with Crippen LogP contribution in [0.15, 0.2) is 12.1 Å². The average Bonchev–Trinajstić information content (AvgIpc) is 2.43. The van der Waals surface area contributed by atoms with E-state index in [-0.39, 0.29) is 17.5 Å². The fourth-order valence-electron chi connectivity index (χ4n) is 2.46. The van der Waals surface area contributed by atoms with Gasteiger partial charge in [0.05, 0.1) is 11.6 Å². The van der Waals surface area contributed by atoms with E-state index >= 15 is 0 Å². The third-order valence-corrected chi connectivity index (χ3v) is 3.79. The zero-order valence-corrected chi connectivity index (χ0v) is 11.8. The first-order chi connectivity index (χ1) is 9.49. The largest absolute Gasteiger partial charge is 0.478 e. The molecule has 0 saturated carbocycles. The highest BCUT2D eigenvalue weighted by Gasteiger charge is 2.21. The highest BCUT2D eigenvalue weighted by atomic mass is 16.4. The van der Waals surface area contributed by atoms with Crippen molar-refractivity contribution in [3.05, 3.63) is 28.8 Å². The number of carboxylic acid groups (broad SMARTS) is 1. The Bertz CT molecular complexity index is 534. The van der Waals surface area contributed by atoms with Gasteiger partial charge in [0, 0.05) is 5.69 Å². The van der Waals surface area contributed by atoms with Gasteiger partial charge in [-0.25, -0.2) is 4.79 Å². The number of carbonyl (C=O) groups excluding carboxylic acids is 1. The fraction of sp³-hybridized carbons (Fsp3) is 0.467. The Morgan fingerprint density at radius 2 is 2.05 bits per heavy atom. The summed E-state index contributed by atoms with van der Waals surface area (Å²) in [7, 11) is 0. The number of aryl methyl sites for hydroxylation is 1. The molecule has 1 saturated heterocycles. The molecule has 1 aromatic carbocycles. The van der Waals surface area contributed by atoms with E-state index in [0.29, 0.717) is 5.69 Å². The first kappa shape index (κ1) is 14.5. The standard InChI is InChI=1S/C15H20N2O3/c1-9-7-11(8-12(10(9)2)15(19)20)17-14(18)13-5-3-4-6-16-13/h7-8,13,16H,3-6H2,1-2H3,(H,17,18)(H,19,20)/t13-/m0/s1. The van der Waals surface area contributed by atoms with E-state index < -0.39 is 5.97 Å².